The van der Waals surface area contributed by atoms with E-state index < -0.39 is 15.8 Å². The minimum absolute atomic E-state index is 0.0616. The Kier molecular flexibility index (Phi) is 5.71. The number of hydrogen-bond donors (Lipinski definition) is 2. The monoisotopic (exact) mass is 290 g/mol. The van der Waals surface area contributed by atoms with Crippen LogP contribution in [0.15, 0.2) is 17.0 Å². The molecule has 7 heteroatoms. The summed E-state index contributed by atoms with van der Waals surface area (Å²) in [6, 6.07) is 2.35. The fraction of sp³-hybridized carbons (Fsp3) is 0.500. The molecule has 0 fully saturated rings. The molecule has 0 aliphatic carbocycles. The number of rotatable bonds is 7. The number of sulfonamides is 1. The van der Waals surface area contributed by atoms with E-state index >= 15 is 0 Å². The van der Waals surface area contributed by atoms with E-state index in [1.54, 1.807) is 0 Å². The molecule has 0 atom stereocenters. The summed E-state index contributed by atoms with van der Waals surface area (Å²) in [4.78, 5) is -0.124. The minimum Gasteiger partial charge on any atom is -0.399 e. The largest absolute Gasteiger partial charge is 0.399 e. The van der Waals surface area contributed by atoms with Crippen molar-refractivity contribution < 1.29 is 17.5 Å². The summed E-state index contributed by atoms with van der Waals surface area (Å²) in [5.41, 5.74) is 5.61. The van der Waals surface area contributed by atoms with Crippen molar-refractivity contribution in [1.29, 1.82) is 0 Å². The van der Waals surface area contributed by atoms with Crippen molar-refractivity contribution in [2.75, 3.05) is 25.5 Å². The third-order valence-corrected chi connectivity index (χ3v) is 4.16. The summed E-state index contributed by atoms with van der Waals surface area (Å²) >= 11 is 0. The normalized spacial score (nSPS) is 11.7. The van der Waals surface area contributed by atoms with Gasteiger partial charge in [-0.2, -0.15) is 0 Å². The molecule has 0 radical (unpaired) electrons. The Labute approximate surface area is 113 Å². The predicted molar refractivity (Wildman–Crippen MR) is 71.8 cm³/mol. The quantitative estimate of drug-likeness (QED) is 0.588. The van der Waals surface area contributed by atoms with Crippen LogP contribution in [-0.2, 0) is 14.8 Å². The first-order chi connectivity index (χ1) is 8.88. The average Bonchev–Trinajstić information content (AvgIpc) is 2.33. The average molecular weight is 290 g/mol. The number of nitrogens with two attached hydrogens (primary N) is 1. The van der Waals surface area contributed by atoms with Gasteiger partial charge in [0.05, 0.1) is 4.90 Å². The smallest absolute Gasteiger partial charge is 0.241 e. The summed E-state index contributed by atoms with van der Waals surface area (Å²) in [6.07, 6.45) is 0.552. The van der Waals surface area contributed by atoms with Crippen LogP contribution in [0.5, 0.6) is 0 Å². The van der Waals surface area contributed by atoms with Crippen molar-refractivity contribution >= 4 is 15.7 Å². The molecule has 0 amide bonds. The zero-order chi connectivity index (χ0) is 14.5. The van der Waals surface area contributed by atoms with E-state index in [2.05, 4.69) is 4.72 Å². The lowest BCUT2D eigenvalue weighted by Gasteiger charge is -2.11. The van der Waals surface area contributed by atoms with Gasteiger partial charge in [0, 0.05) is 31.0 Å². The number of ether oxygens (including phenoxy) is 1. The highest BCUT2D eigenvalue weighted by Crippen LogP contribution is 2.21. The SMILES string of the molecule is CCOCCCNS(=O)(=O)c1cc(N)cc(F)c1C. The van der Waals surface area contributed by atoms with Crippen molar-refractivity contribution in [3.05, 3.63) is 23.5 Å². The predicted octanol–water partition coefficient (Wildman–Crippen LogP) is 1.42. The number of nitrogen functional groups attached to an aromatic ring is 1. The van der Waals surface area contributed by atoms with E-state index in [4.69, 9.17) is 10.5 Å². The zero-order valence-corrected chi connectivity index (χ0v) is 11.9. The molecule has 0 aliphatic rings. The second-order valence-electron chi connectivity index (χ2n) is 4.07. The number of halogens is 1. The van der Waals surface area contributed by atoms with Crippen molar-refractivity contribution in [2.24, 2.45) is 0 Å². The Balaban J connectivity index is 2.78. The number of hydrogen-bond acceptors (Lipinski definition) is 4. The van der Waals surface area contributed by atoms with Gasteiger partial charge in [-0.1, -0.05) is 0 Å². The lowest BCUT2D eigenvalue weighted by atomic mass is 10.2. The minimum atomic E-state index is -3.75. The van der Waals surface area contributed by atoms with Crippen LogP contribution in [-0.4, -0.2) is 28.2 Å². The van der Waals surface area contributed by atoms with Crippen LogP contribution in [0.25, 0.3) is 0 Å². The molecule has 5 nitrogen and oxygen atoms in total. The van der Waals surface area contributed by atoms with Crippen LogP contribution < -0.4 is 10.5 Å². The summed E-state index contributed by atoms with van der Waals surface area (Å²) < 4.78 is 45.0. The van der Waals surface area contributed by atoms with E-state index in [0.717, 1.165) is 6.07 Å². The second kappa shape index (κ2) is 6.83. The van der Waals surface area contributed by atoms with E-state index in [1.165, 1.54) is 13.0 Å². The van der Waals surface area contributed by atoms with Gasteiger partial charge in [-0.05, 0) is 32.4 Å². The molecule has 0 heterocycles. The van der Waals surface area contributed by atoms with Crippen LogP contribution >= 0.6 is 0 Å². The highest BCUT2D eigenvalue weighted by Gasteiger charge is 2.19. The first-order valence-electron chi connectivity index (χ1n) is 6.01. The standard InChI is InChI=1S/C12H19FN2O3S/c1-3-18-6-4-5-15-19(16,17)12-8-10(14)7-11(13)9(12)2/h7-8,15H,3-6,14H2,1-2H3. The Morgan fingerprint density at radius 2 is 2.11 bits per heavy atom. The lowest BCUT2D eigenvalue weighted by Crippen LogP contribution is -2.26. The molecule has 1 aromatic carbocycles. The molecule has 0 saturated heterocycles. The molecule has 19 heavy (non-hydrogen) atoms. The summed E-state index contributed by atoms with van der Waals surface area (Å²) in [6.45, 7) is 4.57. The molecule has 0 unspecified atom stereocenters. The van der Waals surface area contributed by atoms with E-state index in [1.807, 2.05) is 6.92 Å². The van der Waals surface area contributed by atoms with Gasteiger partial charge in [0.25, 0.3) is 0 Å². The highest BCUT2D eigenvalue weighted by molar-refractivity contribution is 7.89. The van der Waals surface area contributed by atoms with Crippen molar-refractivity contribution in [1.82, 2.24) is 4.72 Å². The van der Waals surface area contributed by atoms with Crippen LogP contribution in [0, 0.1) is 12.7 Å². The number of nitrogens with one attached hydrogen (secondary N) is 1. The van der Waals surface area contributed by atoms with Crippen LogP contribution in [0.2, 0.25) is 0 Å². The molecule has 0 saturated carbocycles. The van der Waals surface area contributed by atoms with Crippen molar-refractivity contribution in [2.45, 2.75) is 25.2 Å². The fourth-order valence-corrected chi connectivity index (χ4v) is 2.92. The van der Waals surface area contributed by atoms with E-state index in [-0.39, 0.29) is 22.7 Å². The molecule has 1 aromatic rings. The van der Waals surface area contributed by atoms with Gasteiger partial charge in [0.2, 0.25) is 10.0 Å². The summed E-state index contributed by atoms with van der Waals surface area (Å²) in [5, 5.41) is 0. The second-order valence-corrected chi connectivity index (χ2v) is 5.81. The maximum absolute atomic E-state index is 13.5. The fourth-order valence-electron chi connectivity index (χ4n) is 1.56. The zero-order valence-electron chi connectivity index (χ0n) is 11.1. The van der Waals surface area contributed by atoms with Crippen molar-refractivity contribution in [3.63, 3.8) is 0 Å². The van der Waals surface area contributed by atoms with E-state index in [0.29, 0.717) is 19.6 Å². The van der Waals surface area contributed by atoms with Gasteiger partial charge < -0.3 is 10.5 Å². The van der Waals surface area contributed by atoms with Crippen LogP contribution in [0.4, 0.5) is 10.1 Å². The third kappa shape index (κ3) is 4.45. The number of anilines is 1. The van der Waals surface area contributed by atoms with Crippen molar-refractivity contribution in [3.8, 4) is 0 Å². The lowest BCUT2D eigenvalue weighted by molar-refractivity contribution is 0.146. The molecule has 1 rings (SSSR count). The molecule has 108 valence electrons. The molecule has 0 aliphatic heterocycles. The molecular weight excluding hydrogens is 271 g/mol. The summed E-state index contributed by atoms with van der Waals surface area (Å²) in [7, 11) is -3.75. The topological polar surface area (TPSA) is 81.4 Å². The molecule has 0 aromatic heterocycles. The van der Waals surface area contributed by atoms with Gasteiger partial charge >= 0.3 is 0 Å². The van der Waals surface area contributed by atoms with Gasteiger partial charge in [0.1, 0.15) is 5.82 Å². The Morgan fingerprint density at radius 3 is 2.74 bits per heavy atom. The summed E-state index contributed by atoms with van der Waals surface area (Å²) in [5.74, 6) is -0.630. The first-order valence-corrected chi connectivity index (χ1v) is 7.50. The maximum atomic E-state index is 13.5. The number of benzene rings is 1. The Bertz CT molecular complexity index is 532. The van der Waals surface area contributed by atoms with Gasteiger partial charge in [-0.3, -0.25) is 0 Å². The Hall–Kier alpha value is -1.18. The highest BCUT2D eigenvalue weighted by atomic mass is 32.2. The first kappa shape index (κ1) is 15.9. The van der Waals surface area contributed by atoms with Gasteiger partial charge in [0.15, 0.2) is 0 Å². The molecule has 3 N–H and O–H groups in total. The van der Waals surface area contributed by atoms with Gasteiger partial charge in [-0.25, -0.2) is 17.5 Å². The molecular formula is C12H19FN2O3S. The van der Waals surface area contributed by atoms with E-state index in [9.17, 15) is 12.8 Å². The van der Waals surface area contributed by atoms with Crippen LogP contribution in [0.3, 0.4) is 0 Å². The maximum Gasteiger partial charge on any atom is 0.241 e. The molecule has 0 spiro atoms. The Morgan fingerprint density at radius 1 is 1.42 bits per heavy atom. The molecule has 0 bridgehead atoms. The third-order valence-electron chi connectivity index (χ3n) is 2.57. The van der Waals surface area contributed by atoms with Gasteiger partial charge in [-0.15, -0.1) is 0 Å². The van der Waals surface area contributed by atoms with Crippen LogP contribution in [0.1, 0.15) is 18.9 Å².